The minimum Gasteiger partial charge on any atom is -0.271 e. The number of hydrazine groups is 1. The van der Waals surface area contributed by atoms with Gasteiger partial charge in [0.05, 0.1) is 17.9 Å². The van der Waals surface area contributed by atoms with Crippen molar-refractivity contribution in [2.24, 2.45) is 5.84 Å². The molecule has 0 spiro atoms. The second-order valence-electron chi connectivity index (χ2n) is 3.67. The number of nitrogens with two attached hydrogens (primary N) is 1. The smallest absolute Gasteiger partial charge is 0.141 e. The molecule has 0 aliphatic rings. The monoisotopic (exact) mass is 253 g/mol. The third-order valence-electron chi connectivity index (χ3n) is 2.49. The highest BCUT2D eigenvalue weighted by molar-refractivity contribution is 5.29. The Hall–Kier alpha value is -1.92. The molecule has 0 aliphatic heterocycles. The summed E-state index contributed by atoms with van der Waals surface area (Å²) in [4.78, 5) is 3.81. The maximum Gasteiger partial charge on any atom is 0.141 e. The third-order valence-corrected chi connectivity index (χ3v) is 2.49. The molecule has 1 aromatic carbocycles. The van der Waals surface area contributed by atoms with Crippen molar-refractivity contribution in [1.82, 2.24) is 10.4 Å². The maximum absolute atomic E-state index is 13.6. The summed E-state index contributed by atoms with van der Waals surface area (Å²) in [5.41, 5.74) is 2.84. The van der Waals surface area contributed by atoms with Crippen LogP contribution in [0.25, 0.3) is 0 Å². The van der Waals surface area contributed by atoms with E-state index in [1.165, 1.54) is 18.2 Å². The summed E-state index contributed by atoms with van der Waals surface area (Å²) in [5, 5.41) is 0. The van der Waals surface area contributed by atoms with Crippen molar-refractivity contribution in [2.45, 2.75) is 6.04 Å². The number of pyridine rings is 1. The highest BCUT2D eigenvalue weighted by Crippen LogP contribution is 2.22. The fourth-order valence-corrected chi connectivity index (χ4v) is 1.63. The molecule has 0 amide bonds. The first-order valence-corrected chi connectivity index (χ1v) is 5.14. The zero-order chi connectivity index (χ0) is 13.1. The van der Waals surface area contributed by atoms with Crippen LogP contribution in [0.3, 0.4) is 0 Å². The molecule has 1 heterocycles. The predicted octanol–water partition coefficient (Wildman–Crippen LogP) is 2.05. The number of aromatic nitrogens is 1. The summed E-state index contributed by atoms with van der Waals surface area (Å²) in [6, 6.07) is 4.93. The van der Waals surface area contributed by atoms with Crippen molar-refractivity contribution in [3.63, 3.8) is 0 Å². The molecule has 94 valence electrons. The molecule has 0 bridgehead atoms. The zero-order valence-electron chi connectivity index (χ0n) is 9.20. The van der Waals surface area contributed by atoms with Gasteiger partial charge in [-0.05, 0) is 18.2 Å². The fraction of sp³-hybridized carbons (Fsp3) is 0.0833. The molecule has 6 heteroatoms. The molecule has 1 aromatic heterocycles. The van der Waals surface area contributed by atoms with Crippen LogP contribution in [-0.4, -0.2) is 4.98 Å². The standard InChI is InChI=1S/C12H10F3N3/c13-7-1-3-9(10(15)5-7)12(18-16)11-4-2-8(14)6-17-11/h1-6,12,18H,16H2. The number of hydrogen-bond donors (Lipinski definition) is 2. The van der Waals surface area contributed by atoms with E-state index in [2.05, 4.69) is 10.4 Å². The van der Waals surface area contributed by atoms with Crippen LogP contribution >= 0.6 is 0 Å². The Morgan fingerprint density at radius 3 is 2.33 bits per heavy atom. The Morgan fingerprint density at radius 1 is 1.06 bits per heavy atom. The molecule has 0 radical (unpaired) electrons. The Bertz CT molecular complexity index is 543. The molecule has 0 fully saturated rings. The van der Waals surface area contributed by atoms with E-state index in [-0.39, 0.29) is 5.56 Å². The second kappa shape index (κ2) is 5.16. The lowest BCUT2D eigenvalue weighted by Gasteiger charge is -2.16. The van der Waals surface area contributed by atoms with Crippen molar-refractivity contribution in [3.05, 3.63) is 65.2 Å². The van der Waals surface area contributed by atoms with Crippen LogP contribution in [0, 0.1) is 17.5 Å². The van der Waals surface area contributed by atoms with Gasteiger partial charge in [-0.2, -0.15) is 0 Å². The lowest BCUT2D eigenvalue weighted by molar-refractivity contribution is 0.534. The molecule has 18 heavy (non-hydrogen) atoms. The van der Waals surface area contributed by atoms with Crippen molar-refractivity contribution in [2.75, 3.05) is 0 Å². The SMILES string of the molecule is NNC(c1ccc(F)cn1)c1ccc(F)cc1F. The Kier molecular flexibility index (Phi) is 3.59. The minimum atomic E-state index is -0.772. The molecule has 3 nitrogen and oxygen atoms in total. The van der Waals surface area contributed by atoms with Crippen LogP contribution < -0.4 is 11.3 Å². The van der Waals surface area contributed by atoms with E-state index in [1.54, 1.807) is 0 Å². The van der Waals surface area contributed by atoms with Gasteiger partial charge in [0.1, 0.15) is 17.5 Å². The van der Waals surface area contributed by atoms with Gasteiger partial charge < -0.3 is 0 Å². The van der Waals surface area contributed by atoms with E-state index in [0.29, 0.717) is 5.69 Å². The Morgan fingerprint density at radius 2 is 1.78 bits per heavy atom. The minimum absolute atomic E-state index is 0.137. The van der Waals surface area contributed by atoms with Gasteiger partial charge in [-0.25, -0.2) is 18.6 Å². The third kappa shape index (κ3) is 2.49. The second-order valence-corrected chi connectivity index (χ2v) is 3.67. The summed E-state index contributed by atoms with van der Waals surface area (Å²) in [6.45, 7) is 0. The zero-order valence-corrected chi connectivity index (χ0v) is 9.20. The van der Waals surface area contributed by atoms with Crippen LogP contribution in [0.4, 0.5) is 13.2 Å². The van der Waals surface area contributed by atoms with Gasteiger partial charge in [-0.3, -0.25) is 10.8 Å². The van der Waals surface area contributed by atoms with E-state index < -0.39 is 23.5 Å². The molecule has 1 atom stereocenters. The van der Waals surface area contributed by atoms with Crippen LogP contribution in [0.5, 0.6) is 0 Å². The Labute approximate surface area is 101 Å². The largest absolute Gasteiger partial charge is 0.271 e. The molecule has 2 aromatic rings. The molecule has 0 aliphatic carbocycles. The van der Waals surface area contributed by atoms with Crippen molar-refractivity contribution >= 4 is 0 Å². The number of rotatable bonds is 3. The first-order valence-electron chi connectivity index (χ1n) is 5.14. The van der Waals surface area contributed by atoms with Gasteiger partial charge in [0.2, 0.25) is 0 Å². The fourth-order valence-electron chi connectivity index (χ4n) is 1.63. The van der Waals surface area contributed by atoms with Crippen LogP contribution in [0.1, 0.15) is 17.3 Å². The normalized spacial score (nSPS) is 12.4. The first-order chi connectivity index (χ1) is 8.61. The van der Waals surface area contributed by atoms with Gasteiger partial charge in [-0.1, -0.05) is 6.07 Å². The number of nitrogens with one attached hydrogen (secondary N) is 1. The number of benzene rings is 1. The van der Waals surface area contributed by atoms with Gasteiger partial charge >= 0.3 is 0 Å². The van der Waals surface area contributed by atoms with Gasteiger partial charge in [0.25, 0.3) is 0 Å². The number of halogens is 3. The average molecular weight is 253 g/mol. The lowest BCUT2D eigenvalue weighted by atomic mass is 10.0. The van der Waals surface area contributed by atoms with Crippen molar-refractivity contribution < 1.29 is 13.2 Å². The van der Waals surface area contributed by atoms with E-state index in [0.717, 1.165) is 18.3 Å². The topological polar surface area (TPSA) is 50.9 Å². The maximum atomic E-state index is 13.6. The summed E-state index contributed by atoms with van der Waals surface area (Å²) in [7, 11) is 0. The average Bonchev–Trinajstić information content (AvgIpc) is 2.35. The highest BCUT2D eigenvalue weighted by Gasteiger charge is 2.18. The molecule has 1 unspecified atom stereocenters. The molecule has 0 saturated carbocycles. The molecule has 2 rings (SSSR count). The van der Waals surface area contributed by atoms with Crippen LogP contribution in [0.2, 0.25) is 0 Å². The molecular formula is C12H10F3N3. The molecular weight excluding hydrogens is 243 g/mol. The van der Waals surface area contributed by atoms with Crippen LogP contribution in [-0.2, 0) is 0 Å². The van der Waals surface area contributed by atoms with Gasteiger partial charge in [-0.15, -0.1) is 0 Å². The summed E-state index contributed by atoms with van der Waals surface area (Å²) in [5.74, 6) is 3.40. The number of nitrogens with zero attached hydrogens (tertiary/aromatic N) is 1. The van der Waals surface area contributed by atoms with E-state index in [4.69, 9.17) is 5.84 Å². The highest BCUT2D eigenvalue weighted by atomic mass is 19.1. The molecule has 0 saturated heterocycles. The van der Waals surface area contributed by atoms with E-state index in [1.807, 2.05) is 0 Å². The number of hydrogen-bond acceptors (Lipinski definition) is 3. The predicted molar refractivity (Wildman–Crippen MR) is 59.7 cm³/mol. The van der Waals surface area contributed by atoms with Gasteiger partial charge in [0, 0.05) is 11.6 Å². The lowest BCUT2D eigenvalue weighted by Crippen LogP contribution is -2.30. The van der Waals surface area contributed by atoms with Crippen LogP contribution in [0.15, 0.2) is 36.5 Å². The van der Waals surface area contributed by atoms with E-state index >= 15 is 0 Å². The quantitative estimate of drug-likeness (QED) is 0.650. The van der Waals surface area contributed by atoms with Crippen molar-refractivity contribution in [1.29, 1.82) is 0 Å². The van der Waals surface area contributed by atoms with E-state index in [9.17, 15) is 13.2 Å². The first kappa shape index (κ1) is 12.5. The summed E-state index contributed by atoms with van der Waals surface area (Å²) in [6.07, 6.45) is 1.00. The summed E-state index contributed by atoms with van der Waals surface area (Å²) < 4.78 is 39.2. The van der Waals surface area contributed by atoms with Crippen molar-refractivity contribution in [3.8, 4) is 0 Å². The van der Waals surface area contributed by atoms with Gasteiger partial charge in [0.15, 0.2) is 0 Å². The Balaban J connectivity index is 2.41. The summed E-state index contributed by atoms with van der Waals surface area (Å²) >= 11 is 0. The molecule has 3 N–H and O–H groups in total.